The first-order chi connectivity index (χ1) is 11.2. The average molecular weight is 329 g/mol. The van der Waals surface area contributed by atoms with Gasteiger partial charge in [-0.1, -0.05) is 5.08 Å². The van der Waals surface area contributed by atoms with Gasteiger partial charge in [0.15, 0.2) is 16.3 Å². The van der Waals surface area contributed by atoms with E-state index in [-0.39, 0.29) is 24.7 Å². The SMILES string of the molecule is O=C1COCCN1c1ccc(N2C[C@@H](CN=[CH][Al])OC2=O)cc1. The summed E-state index contributed by atoms with van der Waals surface area (Å²) in [5.74, 6) is -0.0556. The molecule has 7 nitrogen and oxygen atoms in total. The molecule has 0 unspecified atom stereocenters. The summed E-state index contributed by atoms with van der Waals surface area (Å²) in [6, 6.07) is 7.31. The van der Waals surface area contributed by atoms with Gasteiger partial charge in [0.25, 0.3) is 5.91 Å². The molecule has 1 atom stereocenters. The Kier molecular flexibility index (Phi) is 4.96. The van der Waals surface area contributed by atoms with Gasteiger partial charge in [-0.2, -0.15) is 0 Å². The van der Waals surface area contributed by atoms with Gasteiger partial charge < -0.3 is 19.4 Å². The van der Waals surface area contributed by atoms with E-state index in [9.17, 15) is 9.59 Å². The van der Waals surface area contributed by atoms with Crippen LogP contribution in [0.2, 0.25) is 0 Å². The molecular formula is C15H16AlN3O4. The number of nitrogens with zero attached hydrogens (tertiary/aromatic N) is 3. The molecule has 0 N–H and O–H groups in total. The van der Waals surface area contributed by atoms with E-state index in [1.807, 2.05) is 24.3 Å². The van der Waals surface area contributed by atoms with Crippen LogP contribution >= 0.6 is 0 Å². The zero-order chi connectivity index (χ0) is 16.2. The molecule has 2 aliphatic rings. The van der Waals surface area contributed by atoms with Gasteiger partial charge in [-0.25, -0.2) is 4.79 Å². The minimum atomic E-state index is -0.371. The van der Waals surface area contributed by atoms with Crippen molar-refractivity contribution in [3.63, 3.8) is 0 Å². The molecule has 2 radical (unpaired) electrons. The number of benzene rings is 1. The summed E-state index contributed by atoms with van der Waals surface area (Å²) in [6.45, 7) is 2.10. The van der Waals surface area contributed by atoms with Crippen LogP contribution in [0.15, 0.2) is 29.3 Å². The van der Waals surface area contributed by atoms with Gasteiger partial charge in [0.05, 0.1) is 19.7 Å². The molecular weight excluding hydrogens is 313 g/mol. The van der Waals surface area contributed by atoms with E-state index in [0.717, 1.165) is 11.4 Å². The molecule has 3 rings (SSSR count). The van der Waals surface area contributed by atoms with Crippen molar-refractivity contribution in [1.29, 1.82) is 0 Å². The fraction of sp³-hybridized carbons (Fsp3) is 0.400. The minimum Gasteiger partial charge on any atom is -0.442 e. The predicted octanol–water partition coefficient (Wildman–Crippen LogP) is 0.572. The van der Waals surface area contributed by atoms with E-state index in [1.165, 1.54) is 0 Å². The Morgan fingerprint density at radius 1 is 1.22 bits per heavy atom. The van der Waals surface area contributed by atoms with Gasteiger partial charge in [0.1, 0.15) is 12.7 Å². The van der Waals surface area contributed by atoms with Gasteiger partial charge in [-0.05, 0) is 24.3 Å². The molecule has 118 valence electrons. The number of morpholine rings is 1. The normalized spacial score (nSPS) is 22.0. The van der Waals surface area contributed by atoms with Gasteiger partial charge in [0, 0.05) is 17.9 Å². The smallest absolute Gasteiger partial charge is 0.414 e. The minimum absolute atomic E-state index is 0.0556. The van der Waals surface area contributed by atoms with Crippen LogP contribution in [0.25, 0.3) is 0 Å². The van der Waals surface area contributed by atoms with Crippen molar-refractivity contribution in [3.8, 4) is 0 Å². The number of hydrogen-bond donors (Lipinski definition) is 0. The molecule has 0 spiro atoms. The summed E-state index contributed by atoms with van der Waals surface area (Å²) < 4.78 is 10.4. The number of rotatable bonds is 4. The van der Waals surface area contributed by atoms with Crippen LogP contribution in [0.4, 0.5) is 16.2 Å². The molecule has 2 aliphatic heterocycles. The maximum atomic E-state index is 12.0. The summed E-state index contributed by atoms with van der Waals surface area (Å²) in [6.07, 6.45) is -0.607. The van der Waals surface area contributed by atoms with Crippen molar-refractivity contribution in [1.82, 2.24) is 0 Å². The summed E-state index contributed by atoms with van der Waals surface area (Å²) in [7, 11) is 0. The summed E-state index contributed by atoms with van der Waals surface area (Å²) >= 11 is 2.39. The molecule has 1 aromatic rings. The van der Waals surface area contributed by atoms with E-state index in [0.29, 0.717) is 26.2 Å². The van der Waals surface area contributed by atoms with E-state index in [1.54, 1.807) is 14.9 Å². The highest BCUT2D eigenvalue weighted by molar-refractivity contribution is 6.49. The molecule has 0 bridgehead atoms. The maximum absolute atomic E-state index is 12.0. The Balaban J connectivity index is 1.69. The van der Waals surface area contributed by atoms with E-state index in [2.05, 4.69) is 21.3 Å². The molecule has 2 heterocycles. The molecule has 0 aromatic heterocycles. The molecule has 2 saturated heterocycles. The first-order valence-electron chi connectivity index (χ1n) is 7.35. The Morgan fingerprint density at radius 2 is 1.91 bits per heavy atom. The largest absolute Gasteiger partial charge is 0.442 e. The first kappa shape index (κ1) is 16.0. The maximum Gasteiger partial charge on any atom is 0.414 e. The van der Waals surface area contributed by atoms with Crippen LogP contribution in [0.1, 0.15) is 0 Å². The van der Waals surface area contributed by atoms with Gasteiger partial charge >= 0.3 is 6.09 Å². The number of amides is 2. The second-order valence-corrected chi connectivity index (χ2v) is 5.54. The number of carbonyl (C=O) groups is 2. The van der Waals surface area contributed by atoms with Crippen LogP contribution in [0, 0.1) is 0 Å². The van der Waals surface area contributed by atoms with Gasteiger partial charge in [0.2, 0.25) is 0 Å². The van der Waals surface area contributed by atoms with Crippen LogP contribution in [0.5, 0.6) is 0 Å². The number of anilines is 2. The lowest BCUT2D eigenvalue weighted by molar-refractivity contribution is -0.125. The lowest BCUT2D eigenvalue weighted by Crippen LogP contribution is -2.41. The third kappa shape index (κ3) is 3.55. The van der Waals surface area contributed by atoms with Crippen molar-refractivity contribution in [2.45, 2.75) is 6.10 Å². The van der Waals surface area contributed by atoms with Crippen molar-refractivity contribution >= 4 is 44.7 Å². The van der Waals surface area contributed by atoms with Crippen molar-refractivity contribution in [2.75, 3.05) is 42.6 Å². The van der Waals surface area contributed by atoms with Gasteiger partial charge in [-0.15, -0.1) is 0 Å². The highest BCUT2D eigenvalue weighted by Crippen LogP contribution is 2.25. The van der Waals surface area contributed by atoms with Crippen molar-refractivity contribution < 1.29 is 19.1 Å². The van der Waals surface area contributed by atoms with Crippen LogP contribution in [0.3, 0.4) is 0 Å². The van der Waals surface area contributed by atoms with Crippen LogP contribution in [-0.4, -0.2) is 72.3 Å². The molecule has 0 saturated carbocycles. The van der Waals surface area contributed by atoms with Crippen LogP contribution < -0.4 is 9.80 Å². The number of hydrogen-bond acceptors (Lipinski definition) is 5. The Bertz CT molecular complexity index is 620. The van der Waals surface area contributed by atoms with Crippen molar-refractivity contribution in [2.24, 2.45) is 4.99 Å². The number of ether oxygens (including phenoxy) is 2. The third-order valence-electron chi connectivity index (χ3n) is 3.75. The first-order valence-corrected chi connectivity index (χ1v) is 8.02. The zero-order valence-corrected chi connectivity index (χ0v) is 13.7. The molecule has 1 aromatic carbocycles. The summed E-state index contributed by atoms with van der Waals surface area (Å²) in [5.41, 5.74) is 1.55. The van der Waals surface area contributed by atoms with Crippen molar-refractivity contribution in [3.05, 3.63) is 24.3 Å². The summed E-state index contributed by atoms with van der Waals surface area (Å²) in [5, 5.41) is 1.62. The number of cyclic esters (lactones) is 1. The highest BCUT2D eigenvalue weighted by Gasteiger charge is 2.32. The standard InChI is InChI=1S/C15H16N3O4.Al/c1-16-8-13-9-18(15(20)22-13)12-4-2-11(3-5-12)17-6-7-21-10-14(17)19;/h1-5,13H,6-10H2;/t13-;/m1./s1. The zero-order valence-electron chi connectivity index (χ0n) is 12.6. The van der Waals surface area contributed by atoms with E-state index < -0.39 is 0 Å². The lowest BCUT2D eigenvalue weighted by atomic mass is 10.2. The quantitative estimate of drug-likeness (QED) is 0.598. The fourth-order valence-electron chi connectivity index (χ4n) is 2.61. The monoisotopic (exact) mass is 329 g/mol. The number of aliphatic imine (C=N–C) groups is 1. The van der Waals surface area contributed by atoms with Gasteiger partial charge in [-0.3, -0.25) is 9.69 Å². The second-order valence-electron chi connectivity index (χ2n) is 5.24. The highest BCUT2D eigenvalue weighted by atomic mass is 27.0. The number of carbonyl (C=O) groups excluding carboxylic acids is 2. The fourth-order valence-corrected chi connectivity index (χ4v) is 2.73. The topological polar surface area (TPSA) is 71.4 Å². The Labute approximate surface area is 142 Å². The molecule has 2 fully saturated rings. The lowest BCUT2D eigenvalue weighted by Gasteiger charge is -2.27. The molecule has 8 heteroatoms. The molecule has 23 heavy (non-hydrogen) atoms. The molecule has 2 amide bonds. The van der Waals surface area contributed by atoms with E-state index in [4.69, 9.17) is 9.47 Å². The van der Waals surface area contributed by atoms with Crippen LogP contribution in [-0.2, 0) is 14.3 Å². The summed E-state index contributed by atoms with van der Waals surface area (Å²) in [4.78, 5) is 31.1. The Morgan fingerprint density at radius 3 is 2.57 bits per heavy atom. The average Bonchev–Trinajstić information content (AvgIpc) is 2.94. The molecule has 0 aliphatic carbocycles. The second kappa shape index (κ2) is 7.13. The third-order valence-corrected chi connectivity index (χ3v) is 3.96. The Hall–Kier alpha value is -1.88. The van der Waals surface area contributed by atoms with E-state index >= 15 is 0 Å². The predicted molar refractivity (Wildman–Crippen MR) is 86.3 cm³/mol.